The van der Waals surface area contributed by atoms with Crippen LogP contribution in [0.5, 0.6) is 5.88 Å². The van der Waals surface area contributed by atoms with Gasteiger partial charge in [-0.05, 0) is 54.5 Å². The molecule has 8 nitrogen and oxygen atoms in total. The van der Waals surface area contributed by atoms with Gasteiger partial charge in [-0.1, -0.05) is 36.4 Å². The number of carbonyl (C=O) groups is 1. The fourth-order valence-corrected chi connectivity index (χ4v) is 6.62. The lowest BCUT2D eigenvalue weighted by molar-refractivity contribution is 0.0574. The van der Waals surface area contributed by atoms with E-state index in [1.807, 2.05) is 13.8 Å². The molecule has 0 radical (unpaired) electrons. The Morgan fingerprint density at radius 3 is 2.59 bits per heavy atom. The van der Waals surface area contributed by atoms with Crippen LogP contribution in [0.1, 0.15) is 44.6 Å². The first-order valence-electron chi connectivity index (χ1n) is 11.1. The Hall–Kier alpha value is -1.99. The van der Waals surface area contributed by atoms with Gasteiger partial charge in [0.1, 0.15) is 11.1 Å². The molecule has 0 spiro atoms. The van der Waals surface area contributed by atoms with Gasteiger partial charge in [-0.3, -0.25) is 4.90 Å². The lowest BCUT2D eigenvalue weighted by atomic mass is 9.89. The van der Waals surface area contributed by atoms with Crippen LogP contribution in [0.15, 0.2) is 30.5 Å². The van der Waals surface area contributed by atoms with Crippen LogP contribution in [0.3, 0.4) is 0 Å². The van der Waals surface area contributed by atoms with E-state index < -0.39 is 27.1 Å². The number of benzene rings is 1. The number of hydrogen-bond donors (Lipinski definition) is 2. The molecule has 1 aliphatic carbocycles. The topological polar surface area (TPSA) is 101 Å². The SMILES string of the molecule is COc1cc(-c2cc(F)cc(C(C)C)c2NC(=O)NS(=O)(=O)C2CN(C3(I)CCC3)C2)ccn1. The molecular formula is C23H28FIN4O4S. The molecule has 2 N–H and O–H groups in total. The molecule has 0 unspecified atom stereocenters. The van der Waals surface area contributed by atoms with Crippen LogP contribution >= 0.6 is 22.6 Å². The number of anilines is 1. The van der Waals surface area contributed by atoms with Gasteiger partial charge < -0.3 is 10.1 Å². The number of alkyl halides is 1. The zero-order valence-corrected chi connectivity index (χ0v) is 22.2. The minimum Gasteiger partial charge on any atom is -0.481 e. The predicted octanol–water partition coefficient (Wildman–Crippen LogP) is 4.47. The molecule has 4 rings (SSSR count). The quantitative estimate of drug-likeness (QED) is 0.276. The van der Waals surface area contributed by atoms with Crippen molar-refractivity contribution < 1.29 is 22.3 Å². The van der Waals surface area contributed by atoms with E-state index in [1.165, 1.54) is 25.4 Å². The molecule has 2 fully saturated rings. The third-order valence-electron chi connectivity index (χ3n) is 6.46. The molecule has 1 saturated carbocycles. The maximum absolute atomic E-state index is 14.5. The van der Waals surface area contributed by atoms with Crippen molar-refractivity contribution in [3.63, 3.8) is 0 Å². The third-order valence-corrected chi connectivity index (χ3v) is 9.86. The van der Waals surface area contributed by atoms with Gasteiger partial charge in [-0.15, -0.1) is 0 Å². The number of pyridine rings is 1. The molecule has 34 heavy (non-hydrogen) atoms. The van der Waals surface area contributed by atoms with E-state index in [0.717, 1.165) is 19.3 Å². The molecule has 1 aromatic heterocycles. The summed E-state index contributed by atoms with van der Waals surface area (Å²) in [7, 11) is -2.39. The highest BCUT2D eigenvalue weighted by Gasteiger charge is 2.49. The Kier molecular flexibility index (Phi) is 7.07. The van der Waals surface area contributed by atoms with Crippen molar-refractivity contribution in [2.45, 2.75) is 47.8 Å². The van der Waals surface area contributed by atoms with Crippen LogP contribution in [0.25, 0.3) is 11.1 Å². The van der Waals surface area contributed by atoms with E-state index in [2.05, 4.69) is 42.5 Å². The first-order chi connectivity index (χ1) is 16.0. The molecule has 1 aromatic carbocycles. The molecule has 2 amide bonds. The Labute approximate surface area is 212 Å². The summed E-state index contributed by atoms with van der Waals surface area (Å²) < 4.78 is 47.5. The number of ether oxygens (including phenoxy) is 1. The summed E-state index contributed by atoms with van der Waals surface area (Å²) in [4.78, 5) is 19.1. The van der Waals surface area contributed by atoms with Crippen LogP contribution < -0.4 is 14.8 Å². The number of aromatic nitrogens is 1. The molecule has 184 valence electrons. The molecule has 1 saturated heterocycles. The highest BCUT2D eigenvalue weighted by atomic mass is 127. The van der Waals surface area contributed by atoms with Gasteiger partial charge in [0.25, 0.3) is 0 Å². The number of hydrogen-bond acceptors (Lipinski definition) is 6. The Morgan fingerprint density at radius 2 is 2.00 bits per heavy atom. The zero-order chi connectivity index (χ0) is 24.7. The number of likely N-dealkylation sites (tertiary alicyclic amines) is 1. The van der Waals surface area contributed by atoms with Gasteiger partial charge in [0.15, 0.2) is 0 Å². The number of methoxy groups -OCH3 is 1. The molecule has 1 aliphatic heterocycles. The number of urea groups is 1. The molecule has 2 aliphatic rings. The van der Waals surface area contributed by atoms with Crippen molar-refractivity contribution >= 4 is 44.3 Å². The Morgan fingerprint density at radius 1 is 1.29 bits per heavy atom. The second-order valence-corrected chi connectivity index (χ2v) is 13.0. The summed E-state index contributed by atoms with van der Waals surface area (Å²) in [5.74, 6) is -0.265. The largest absolute Gasteiger partial charge is 0.481 e. The number of carbonyl (C=O) groups excluding carboxylic acids is 1. The first-order valence-corrected chi connectivity index (χ1v) is 13.8. The van der Waals surface area contributed by atoms with Gasteiger partial charge >= 0.3 is 6.03 Å². The lowest BCUT2D eigenvalue weighted by Crippen LogP contribution is -2.65. The average Bonchev–Trinajstić information content (AvgIpc) is 2.71. The van der Waals surface area contributed by atoms with E-state index >= 15 is 0 Å². The monoisotopic (exact) mass is 602 g/mol. The number of nitrogens with one attached hydrogen (secondary N) is 2. The predicted molar refractivity (Wildman–Crippen MR) is 137 cm³/mol. The molecular weight excluding hydrogens is 574 g/mol. The first kappa shape index (κ1) is 25.1. The van der Waals surface area contributed by atoms with Gasteiger partial charge in [-0.2, -0.15) is 0 Å². The summed E-state index contributed by atoms with van der Waals surface area (Å²) in [6.45, 7) is 4.55. The summed E-state index contributed by atoms with van der Waals surface area (Å²) in [6.07, 6.45) is 4.78. The van der Waals surface area contributed by atoms with Crippen molar-refractivity contribution in [1.29, 1.82) is 0 Å². The summed E-state index contributed by atoms with van der Waals surface area (Å²) in [5.41, 5.74) is 1.87. The molecule has 2 aromatic rings. The van der Waals surface area contributed by atoms with E-state index in [4.69, 9.17) is 4.74 Å². The standard InChI is InChI=1S/C23H28FIN4O4S/c1-14(2)18-10-16(24)11-19(15-5-8-26-20(9-15)33-3)21(18)27-22(30)28-34(31,32)17-12-29(13-17)23(25)6-4-7-23/h5,8-11,14,17H,4,6-7,12-13H2,1-3H3,(H2,27,28,30). The van der Waals surface area contributed by atoms with Crippen LogP contribution in [0.4, 0.5) is 14.9 Å². The smallest absolute Gasteiger partial charge is 0.332 e. The molecule has 0 bridgehead atoms. The van der Waals surface area contributed by atoms with Crippen molar-refractivity contribution in [2.24, 2.45) is 0 Å². The van der Waals surface area contributed by atoms with Crippen LogP contribution in [0, 0.1) is 5.82 Å². The van der Waals surface area contributed by atoms with Crippen molar-refractivity contribution in [2.75, 3.05) is 25.5 Å². The number of rotatable bonds is 7. The average molecular weight is 602 g/mol. The number of sulfonamides is 1. The molecule has 0 atom stereocenters. The van der Waals surface area contributed by atoms with Crippen molar-refractivity contribution in [1.82, 2.24) is 14.6 Å². The second-order valence-electron chi connectivity index (χ2n) is 9.06. The van der Waals surface area contributed by atoms with Crippen LogP contribution in [0.2, 0.25) is 0 Å². The summed E-state index contributed by atoms with van der Waals surface area (Å²) >= 11 is 2.40. The second kappa shape index (κ2) is 9.57. The van der Waals surface area contributed by atoms with Gasteiger partial charge in [-0.25, -0.2) is 27.3 Å². The fraction of sp³-hybridized carbons (Fsp3) is 0.478. The van der Waals surface area contributed by atoms with E-state index in [0.29, 0.717) is 41.3 Å². The number of halogens is 2. The van der Waals surface area contributed by atoms with Gasteiger partial charge in [0.05, 0.1) is 16.3 Å². The van der Waals surface area contributed by atoms with E-state index in [1.54, 1.807) is 12.1 Å². The zero-order valence-electron chi connectivity index (χ0n) is 19.3. The van der Waals surface area contributed by atoms with E-state index in [-0.39, 0.29) is 9.46 Å². The fourth-order valence-electron chi connectivity index (χ4n) is 4.24. The van der Waals surface area contributed by atoms with Crippen molar-refractivity contribution in [3.05, 3.63) is 41.8 Å². The van der Waals surface area contributed by atoms with Gasteiger partial charge in [0, 0.05) is 30.9 Å². The van der Waals surface area contributed by atoms with Gasteiger partial charge in [0.2, 0.25) is 15.9 Å². The maximum Gasteiger partial charge on any atom is 0.332 e. The summed E-state index contributed by atoms with van der Waals surface area (Å²) in [5, 5.41) is 2.03. The minimum absolute atomic E-state index is 0.0484. The van der Waals surface area contributed by atoms with Crippen LogP contribution in [-0.2, 0) is 10.0 Å². The summed E-state index contributed by atoms with van der Waals surface area (Å²) in [6, 6.07) is 5.07. The van der Waals surface area contributed by atoms with E-state index in [9.17, 15) is 17.6 Å². The molecule has 2 heterocycles. The highest BCUT2D eigenvalue weighted by molar-refractivity contribution is 14.1. The normalized spacial score (nSPS) is 18.2. The highest BCUT2D eigenvalue weighted by Crippen LogP contribution is 2.46. The number of nitrogens with zero attached hydrogens (tertiary/aromatic N) is 2. The number of amides is 2. The minimum atomic E-state index is -3.86. The maximum atomic E-state index is 14.5. The van der Waals surface area contributed by atoms with Crippen molar-refractivity contribution in [3.8, 4) is 17.0 Å². The Balaban J connectivity index is 1.56. The lowest BCUT2D eigenvalue weighted by Gasteiger charge is -2.53. The molecule has 11 heteroatoms. The Bertz CT molecular complexity index is 1200. The van der Waals surface area contributed by atoms with Crippen LogP contribution in [-0.4, -0.2) is 53.3 Å². The third kappa shape index (κ3) is 5.01.